The highest BCUT2D eigenvalue weighted by molar-refractivity contribution is 5.79. The first kappa shape index (κ1) is 8.55. The Balaban J connectivity index is 2.56. The maximum absolute atomic E-state index is 10.3. The molecule has 5 heteroatoms. The summed E-state index contributed by atoms with van der Waals surface area (Å²) in [5, 5.41) is 4.88. The molecule has 2 rings (SSSR count). The van der Waals surface area contributed by atoms with Crippen molar-refractivity contribution in [1.29, 1.82) is 0 Å². The summed E-state index contributed by atoms with van der Waals surface area (Å²) >= 11 is 0. The average molecular weight is 188 g/mol. The van der Waals surface area contributed by atoms with Crippen molar-refractivity contribution in [1.82, 2.24) is 9.97 Å². The first-order valence-electron chi connectivity index (χ1n) is 4.09. The standard InChI is InChI=1S/C9H8N4O/c1-13(12-14)9-5-7-3-2-4-10-8(7)6-11-9/h2-6H,1H3. The summed E-state index contributed by atoms with van der Waals surface area (Å²) in [6.45, 7) is 0. The van der Waals surface area contributed by atoms with E-state index in [0.717, 1.165) is 10.9 Å². The molecule has 0 radical (unpaired) electrons. The lowest BCUT2D eigenvalue weighted by molar-refractivity contribution is 0.970. The quantitative estimate of drug-likeness (QED) is 0.532. The Morgan fingerprint density at radius 1 is 1.43 bits per heavy atom. The zero-order valence-electron chi connectivity index (χ0n) is 7.58. The number of fused-ring (bicyclic) bond motifs is 1. The molecule has 0 unspecified atom stereocenters. The van der Waals surface area contributed by atoms with Crippen LogP contribution in [0.4, 0.5) is 5.82 Å². The number of hydrogen-bond acceptors (Lipinski definition) is 4. The van der Waals surface area contributed by atoms with Crippen LogP contribution in [-0.2, 0) is 0 Å². The predicted octanol–water partition coefficient (Wildman–Crippen LogP) is 1.75. The molecule has 5 nitrogen and oxygen atoms in total. The predicted molar refractivity (Wildman–Crippen MR) is 53.7 cm³/mol. The largest absolute Gasteiger partial charge is 0.255 e. The van der Waals surface area contributed by atoms with E-state index in [1.807, 2.05) is 12.1 Å². The van der Waals surface area contributed by atoms with Crippen molar-refractivity contribution >= 4 is 16.7 Å². The van der Waals surface area contributed by atoms with E-state index in [4.69, 9.17) is 0 Å². The van der Waals surface area contributed by atoms with Crippen molar-refractivity contribution in [3.8, 4) is 0 Å². The lowest BCUT2D eigenvalue weighted by atomic mass is 10.2. The molecule has 0 spiro atoms. The second-order valence-corrected chi connectivity index (χ2v) is 2.84. The van der Waals surface area contributed by atoms with Gasteiger partial charge in [0, 0.05) is 18.6 Å². The Morgan fingerprint density at radius 3 is 3.07 bits per heavy atom. The van der Waals surface area contributed by atoms with Gasteiger partial charge in [-0.2, -0.15) is 0 Å². The second kappa shape index (κ2) is 3.37. The van der Waals surface area contributed by atoms with Crippen molar-refractivity contribution < 1.29 is 0 Å². The third kappa shape index (κ3) is 1.39. The number of aromatic nitrogens is 2. The van der Waals surface area contributed by atoms with Crippen LogP contribution in [0, 0.1) is 4.91 Å². The molecule has 0 aliphatic heterocycles. The van der Waals surface area contributed by atoms with Gasteiger partial charge in [-0.05, 0) is 12.1 Å². The second-order valence-electron chi connectivity index (χ2n) is 2.84. The van der Waals surface area contributed by atoms with Gasteiger partial charge < -0.3 is 0 Å². The van der Waals surface area contributed by atoms with Gasteiger partial charge in [0.2, 0.25) is 0 Å². The van der Waals surface area contributed by atoms with E-state index < -0.39 is 0 Å². The molecule has 0 aliphatic carbocycles. The van der Waals surface area contributed by atoms with E-state index in [2.05, 4.69) is 15.3 Å². The van der Waals surface area contributed by atoms with E-state index in [-0.39, 0.29) is 0 Å². The van der Waals surface area contributed by atoms with Crippen molar-refractivity contribution in [2.45, 2.75) is 0 Å². The van der Waals surface area contributed by atoms with Crippen LogP contribution >= 0.6 is 0 Å². The fraction of sp³-hybridized carbons (Fsp3) is 0.111. The average Bonchev–Trinajstić information content (AvgIpc) is 2.27. The number of pyridine rings is 2. The van der Waals surface area contributed by atoms with E-state index in [0.29, 0.717) is 5.82 Å². The van der Waals surface area contributed by atoms with Gasteiger partial charge in [-0.1, -0.05) is 6.07 Å². The molecule has 14 heavy (non-hydrogen) atoms. The number of rotatable bonds is 2. The van der Waals surface area contributed by atoms with Crippen LogP contribution in [0.25, 0.3) is 10.9 Å². The highest BCUT2D eigenvalue weighted by atomic mass is 16.3. The molecule has 0 saturated carbocycles. The fourth-order valence-corrected chi connectivity index (χ4v) is 1.18. The molecular weight excluding hydrogens is 180 g/mol. The first-order valence-corrected chi connectivity index (χ1v) is 4.09. The Morgan fingerprint density at radius 2 is 2.29 bits per heavy atom. The lowest BCUT2D eigenvalue weighted by Crippen LogP contribution is -2.08. The van der Waals surface area contributed by atoms with Crippen LogP contribution in [0.2, 0.25) is 0 Å². The van der Waals surface area contributed by atoms with Gasteiger partial charge >= 0.3 is 0 Å². The summed E-state index contributed by atoms with van der Waals surface area (Å²) in [5.41, 5.74) is 0.801. The highest BCUT2D eigenvalue weighted by Gasteiger charge is 2.02. The Hall–Kier alpha value is -2.04. The topological polar surface area (TPSA) is 58.5 Å². The molecule has 0 bridgehead atoms. The minimum absolute atomic E-state index is 0.514. The molecule has 0 aromatic carbocycles. The summed E-state index contributed by atoms with van der Waals surface area (Å²) in [6.07, 6.45) is 3.32. The Kier molecular flexibility index (Phi) is 2.06. The van der Waals surface area contributed by atoms with Crippen LogP contribution in [0.5, 0.6) is 0 Å². The number of nitrogens with zero attached hydrogens (tertiary/aromatic N) is 4. The van der Waals surface area contributed by atoms with Crippen LogP contribution in [0.1, 0.15) is 0 Å². The molecule has 2 heterocycles. The van der Waals surface area contributed by atoms with Gasteiger partial charge in [-0.15, -0.1) is 4.91 Å². The smallest absolute Gasteiger partial charge is 0.152 e. The van der Waals surface area contributed by atoms with Gasteiger partial charge in [0.25, 0.3) is 0 Å². The summed E-state index contributed by atoms with van der Waals surface area (Å²) in [6, 6.07) is 5.51. The Labute approximate surface area is 80.3 Å². The van der Waals surface area contributed by atoms with E-state index in [1.54, 1.807) is 25.5 Å². The molecular formula is C9H8N4O. The zero-order valence-corrected chi connectivity index (χ0v) is 7.58. The molecule has 0 saturated heterocycles. The molecule has 0 N–H and O–H groups in total. The van der Waals surface area contributed by atoms with Crippen molar-refractivity contribution in [3.05, 3.63) is 35.5 Å². The maximum Gasteiger partial charge on any atom is 0.152 e. The van der Waals surface area contributed by atoms with Crippen molar-refractivity contribution in [2.75, 3.05) is 12.1 Å². The van der Waals surface area contributed by atoms with Crippen LogP contribution in [-0.4, -0.2) is 17.0 Å². The minimum atomic E-state index is 0.514. The monoisotopic (exact) mass is 188 g/mol. The minimum Gasteiger partial charge on any atom is -0.255 e. The van der Waals surface area contributed by atoms with Crippen LogP contribution in [0.3, 0.4) is 0 Å². The molecule has 2 aromatic rings. The third-order valence-electron chi connectivity index (χ3n) is 1.93. The van der Waals surface area contributed by atoms with Gasteiger partial charge in [0.15, 0.2) is 5.82 Å². The summed E-state index contributed by atoms with van der Waals surface area (Å²) in [4.78, 5) is 18.4. The highest BCUT2D eigenvalue weighted by Crippen LogP contribution is 2.16. The van der Waals surface area contributed by atoms with E-state index in [1.165, 1.54) is 5.01 Å². The normalized spacial score (nSPS) is 10.1. The van der Waals surface area contributed by atoms with E-state index in [9.17, 15) is 4.91 Å². The summed E-state index contributed by atoms with van der Waals surface area (Å²) in [7, 11) is 1.55. The summed E-state index contributed by atoms with van der Waals surface area (Å²) in [5.74, 6) is 0.514. The van der Waals surface area contributed by atoms with Crippen LogP contribution < -0.4 is 5.01 Å². The number of anilines is 1. The molecule has 0 fully saturated rings. The molecule has 0 atom stereocenters. The fourth-order valence-electron chi connectivity index (χ4n) is 1.18. The molecule has 70 valence electrons. The molecule has 2 aromatic heterocycles. The number of hydrogen-bond donors (Lipinski definition) is 0. The van der Waals surface area contributed by atoms with Gasteiger partial charge in [0.05, 0.1) is 17.0 Å². The third-order valence-corrected chi connectivity index (χ3v) is 1.93. The van der Waals surface area contributed by atoms with Crippen molar-refractivity contribution in [2.24, 2.45) is 5.29 Å². The Bertz CT molecular complexity index is 471. The first-order chi connectivity index (χ1) is 6.81. The van der Waals surface area contributed by atoms with Crippen LogP contribution in [0.15, 0.2) is 35.9 Å². The van der Waals surface area contributed by atoms with Crippen molar-refractivity contribution in [3.63, 3.8) is 0 Å². The maximum atomic E-state index is 10.3. The molecule has 0 aliphatic rings. The van der Waals surface area contributed by atoms with Gasteiger partial charge in [-0.25, -0.2) is 9.99 Å². The van der Waals surface area contributed by atoms with E-state index >= 15 is 0 Å². The zero-order chi connectivity index (χ0) is 9.97. The van der Waals surface area contributed by atoms with Gasteiger partial charge in [-0.3, -0.25) is 4.98 Å². The number of nitroso groups, excluding NO2 is 1. The lowest BCUT2D eigenvalue weighted by Gasteiger charge is -2.07. The SMILES string of the molecule is CN(N=O)c1cc2cccnc2cn1. The molecule has 0 amide bonds. The van der Waals surface area contributed by atoms with Gasteiger partial charge in [0.1, 0.15) is 0 Å². The summed E-state index contributed by atoms with van der Waals surface area (Å²) < 4.78 is 0.